The van der Waals surface area contributed by atoms with Crippen LogP contribution < -0.4 is 10.6 Å². The molecule has 3 aromatic rings. The van der Waals surface area contributed by atoms with E-state index in [0.717, 1.165) is 5.56 Å². The second-order valence-corrected chi connectivity index (χ2v) is 6.25. The number of rotatable bonds is 7. The van der Waals surface area contributed by atoms with E-state index < -0.39 is 0 Å². The van der Waals surface area contributed by atoms with Gasteiger partial charge in [-0.3, -0.25) is 9.59 Å². The Morgan fingerprint density at radius 1 is 1.07 bits per heavy atom. The molecular weight excluding hydrogens is 366 g/mol. The normalized spacial score (nSPS) is 10.4. The molecule has 8 heteroatoms. The highest BCUT2D eigenvalue weighted by Gasteiger charge is 2.11. The predicted octanol–water partition coefficient (Wildman–Crippen LogP) is 2.61. The Balaban J connectivity index is 1.52. The maximum atomic E-state index is 12.2. The third-order valence-corrected chi connectivity index (χ3v) is 4.02. The number of anilines is 1. The van der Waals surface area contributed by atoms with Crippen LogP contribution in [0.15, 0.2) is 61.2 Å². The minimum absolute atomic E-state index is 0.125. The third kappa shape index (κ3) is 5.39. The molecular formula is C19H18ClN5O2. The van der Waals surface area contributed by atoms with E-state index in [9.17, 15) is 9.59 Å². The molecule has 0 radical (unpaired) electrons. The second kappa shape index (κ2) is 8.95. The van der Waals surface area contributed by atoms with Crippen LogP contribution in [0.5, 0.6) is 0 Å². The molecule has 7 nitrogen and oxygen atoms in total. The van der Waals surface area contributed by atoms with Gasteiger partial charge in [0.2, 0.25) is 11.8 Å². The van der Waals surface area contributed by atoms with Crippen LogP contribution >= 0.6 is 11.6 Å². The van der Waals surface area contributed by atoms with E-state index in [1.807, 2.05) is 30.3 Å². The summed E-state index contributed by atoms with van der Waals surface area (Å²) >= 11 is 6.03. The maximum absolute atomic E-state index is 12.2. The van der Waals surface area contributed by atoms with Gasteiger partial charge in [-0.15, -0.1) is 0 Å². The highest BCUT2D eigenvalue weighted by atomic mass is 35.5. The fraction of sp³-hybridized carbons (Fsp3) is 0.158. The van der Waals surface area contributed by atoms with Crippen LogP contribution in [0.25, 0.3) is 5.69 Å². The van der Waals surface area contributed by atoms with Crippen molar-refractivity contribution in [3.63, 3.8) is 0 Å². The summed E-state index contributed by atoms with van der Waals surface area (Å²) in [7, 11) is 0. The molecule has 2 amide bonds. The first-order valence-electron chi connectivity index (χ1n) is 8.37. The first-order valence-corrected chi connectivity index (χ1v) is 8.74. The number of nitrogens with one attached hydrogen (secondary N) is 2. The van der Waals surface area contributed by atoms with E-state index in [-0.39, 0.29) is 31.2 Å². The SMILES string of the molecule is O=C(Cc1ccccc1)NCCC(=O)Nc1cc(Cl)ccc1-n1cncn1. The number of halogens is 1. The number of nitrogens with zero attached hydrogens (tertiary/aromatic N) is 3. The molecule has 2 aromatic carbocycles. The summed E-state index contributed by atoms with van der Waals surface area (Å²) in [5.41, 5.74) is 2.10. The molecule has 0 saturated heterocycles. The lowest BCUT2D eigenvalue weighted by atomic mass is 10.1. The van der Waals surface area contributed by atoms with Crippen molar-refractivity contribution in [2.75, 3.05) is 11.9 Å². The average Bonchev–Trinajstić information content (AvgIpc) is 3.17. The second-order valence-electron chi connectivity index (χ2n) is 5.81. The number of aromatic nitrogens is 3. The zero-order valence-corrected chi connectivity index (χ0v) is 15.2. The summed E-state index contributed by atoms with van der Waals surface area (Å²) in [6, 6.07) is 14.5. The number of hydrogen-bond donors (Lipinski definition) is 2. The summed E-state index contributed by atoms with van der Waals surface area (Å²) in [6.07, 6.45) is 3.36. The van der Waals surface area contributed by atoms with E-state index in [1.165, 1.54) is 17.3 Å². The number of carbonyl (C=O) groups excluding carboxylic acids is 2. The van der Waals surface area contributed by atoms with Crippen LogP contribution in [-0.2, 0) is 16.0 Å². The van der Waals surface area contributed by atoms with Gasteiger partial charge in [-0.05, 0) is 23.8 Å². The minimum Gasteiger partial charge on any atom is -0.355 e. The topological polar surface area (TPSA) is 88.9 Å². The van der Waals surface area contributed by atoms with Crippen LogP contribution in [0.1, 0.15) is 12.0 Å². The van der Waals surface area contributed by atoms with Crippen molar-refractivity contribution in [3.05, 3.63) is 71.8 Å². The smallest absolute Gasteiger partial charge is 0.226 e. The molecule has 0 aliphatic rings. The van der Waals surface area contributed by atoms with Crippen LogP contribution in [0.3, 0.4) is 0 Å². The lowest BCUT2D eigenvalue weighted by Gasteiger charge is -2.11. The molecule has 0 unspecified atom stereocenters. The van der Waals surface area contributed by atoms with Crippen LogP contribution in [0.2, 0.25) is 5.02 Å². The van der Waals surface area contributed by atoms with Crippen molar-refractivity contribution in [1.29, 1.82) is 0 Å². The first kappa shape index (κ1) is 18.6. The van der Waals surface area contributed by atoms with Gasteiger partial charge in [0.05, 0.1) is 17.8 Å². The Labute approximate surface area is 161 Å². The molecule has 0 spiro atoms. The molecule has 3 rings (SSSR count). The molecule has 0 aliphatic heterocycles. The highest BCUT2D eigenvalue weighted by molar-refractivity contribution is 6.31. The van der Waals surface area contributed by atoms with Gasteiger partial charge in [0.15, 0.2) is 0 Å². The minimum atomic E-state index is -0.237. The Bertz CT molecular complexity index is 913. The summed E-state index contributed by atoms with van der Waals surface area (Å²) in [5.74, 6) is -0.362. The molecule has 0 atom stereocenters. The van der Waals surface area contributed by atoms with Gasteiger partial charge in [0.1, 0.15) is 12.7 Å². The van der Waals surface area contributed by atoms with Crippen molar-refractivity contribution in [2.24, 2.45) is 0 Å². The molecule has 138 valence electrons. The van der Waals surface area contributed by atoms with Crippen molar-refractivity contribution in [2.45, 2.75) is 12.8 Å². The zero-order chi connectivity index (χ0) is 19.1. The van der Waals surface area contributed by atoms with Gasteiger partial charge in [-0.25, -0.2) is 9.67 Å². The van der Waals surface area contributed by atoms with Gasteiger partial charge in [-0.1, -0.05) is 41.9 Å². The molecule has 0 fully saturated rings. The largest absolute Gasteiger partial charge is 0.355 e. The van der Waals surface area contributed by atoms with Crippen LogP contribution in [-0.4, -0.2) is 33.1 Å². The van der Waals surface area contributed by atoms with Gasteiger partial charge < -0.3 is 10.6 Å². The van der Waals surface area contributed by atoms with Crippen LogP contribution in [0, 0.1) is 0 Å². The van der Waals surface area contributed by atoms with Crippen molar-refractivity contribution in [1.82, 2.24) is 20.1 Å². The lowest BCUT2D eigenvalue weighted by molar-refractivity contribution is -0.120. The third-order valence-electron chi connectivity index (χ3n) is 3.78. The number of benzene rings is 2. The predicted molar refractivity (Wildman–Crippen MR) is 103 cm³/mol. The molecule has 0 bridgehead atoms. The molecule has 0 aliphatic carbocycles. The molecule has 1 heterocycles. The Kier molecular flexibility index (Phi) is 6.17. The molecule has 0 saturated carbocycles. The molecule has 1 aromatic heterocycles. The van der Waals surface area contributed by atoms with E-state index in [2.05, 4.69) is 20.7 Å². The summed E-state index contributed by atoms with van der Waals surface area (Å²) in [5, 5.41) is 10.1. The number of carbonyl (C=O) groups is 2. The lowest BCUT2D eigenvalue weighted by Crippen LogP contribution is -2.29. The van der Waals surface area contributed by atoms with Crippen LogP contribution in [0.4, 0.5) is 5.69 Å². The number of amides is 2. The van der Waals surface area contributed by atoms with Crippen molar-refractivity contribution >= 4 is 29.1 Å². The number of hydrogen-bond acceptors (Lipinski definition) is 4. The van der Waals surface area contributed by atoms with E-state index in [1.54, 1.807) is 18.2 Å². The molecule has 27 heavy (non-hydrogen) atoms. The molecule has 2 N–H and O–H groups in total. The standard InChI is InChI=1S/C19H18ClN5O2/c20-15-6-7-17(25-13-21-12-23-25)16(11-15)24-18(26)8-9-22-19(27)10-14-4-2-1-3-5-14/h1-7,11-13H,8-10H2,(H,22,27)(H,24,26). The highest BCUT2D eigenvalue weighted by Crippen LogP contribution is 2.24. The van der Waals surface area contributed by atoms with E-state index in [4.69, 9.17) is 11.6 Å². The first-order chi connectivity index (χ1) is 13.1. The Hall–Kier alpha value is -3.19. The van der Waals surface area contributed by atoms with Crippen molar-refractivity contribution < 1.29 is 9.59 Å². The van der Waals surface area contributed by atoms with Gasteiger partial charge in [0.25, 0.3) is 0 Å². The van der Waals surface area contributed by atoms with Gasteiger partial charge in [0, 0.05) is 18.0 Å². The van der Waals surface area contributed by atoms with E-state index >= 15 is 0 Å². The fourth-order valence-electron chi connectivity index (χ4n) is 2.51. The monoisotopic (exact) mass is 383 g/mol. The average molecular weight is 384 g/mol. The van der Waals surface area contributed by atoms with Gasteiger partial charge >= 0.3 is 0 Å². The maximum Gasteiger partial charge on any atom is 0.226 e. The summed E-state index contributed by atoms with van der Waals surface area (Å²) in [4.78, 5) is 28.1. The quantitative estimate of drug-likeness (QED) is 0.656. The Morgan fingerprint density at radius 2 is 1.89 bits per heavy atom. The summed E-state index contributed by atoms with van der Waals surface area (Å²) < 4.78 is 1.54. The Morgan fingerprint density at radius 3 is 2.63 bits per heavy atom. The van der Waals surface area contributed by atoms with Crippen molar-refractivity contribution in [3.8, 4) is 5.69 Å². The zero-order valence-electron chi connectivity index (χ0n) is 14.4. The summed E-state index contributed by atoms with van der Waals surface area (Å²) in [6.45, 7) is 0.247. The van der Waals surface area contributed by atoms with Gasteiger partial charge in [-0.2, -0.15) is 5.10 Å². The fourth-order valence-corrected chi connectivity index (χ4v) is 2.68. The van der Waals surface area contributed by atoms with E-state index in [0.29, 0.717) is 16.4 Å².